The zero-order chi connectivity index (χ0) is 14.4. The van der Waals surface area contributed by atoms with E-state index in [-0.39, 0.29) is 12.5 Å². The smallest absolute Gasteiger partial charge is 0.256 e. The predicted molar refractivity (Wildman–Crippen MR) is 77.2 cm³/mol. The fourth-order valence-electron chi connectivity index (χ4n) is 2.57. The van der Waals surface area contributed by atoms with Gasteiger partial charge in [-0.15, -0.1) is 0 Å². The molecule has 1 unspecified atom stereocenters. The van der Waals surface area contributed by atoms with Crippen molar-refractivity contribution < 1.29 is 14.6 Å². The first-order chi connectivity index (χ1) is 9.77. The lowest BCUT2D eigenvalue weighted by atomic mass is 9.90. The Balaban J connectivity index is 2.11. The standard InChI is InChI=1S/C16H23NO3/c1-20-15(13-7-3-2-4-8-13)16(19)17(11-6-12-18)14-9-5-10-14/h2-4,7-8,14-15,18H,5-6,9-12H2,1H3. The van der Waals surface area contributed by atoms with Crippen LogP contribution in [0.2, 0.25) is 0 Å². The molecule has 0 aliphatic heterocycles. The monoisotopic (exact) mass is 277 g/mol. The zero-order valence-electron chi connectivity index (χ0n) is 12.0. The van der Waals surface area contributed by atoms with Gasteiger partial charge in [-0.1, -0.05) is 30.3 Å². The molecule has 20 heavy (non-hydrogen) atoms. The maximum Gasteiger partial charge on any atom is 0.256 e. The fourth-order valence-corrected chi connectivity index (χ4v) is 2.57. The minimum absolute atomic E-state index is 0.0110. The molecule has 110 valence electrons. The molecular formula is C16H23NO3. The molecule has 0 radical (unpaired) electrons. The van der Waals surface area contributed by atoms with E-state index < -0.39 is 6.10 Å². The molecule has 2 rings (SSSR count). The van der Waals surface area contributed by atoms with Gasteiger partial charge in [-0.25, -0.2) is 0 Å². The number of nitrogens with zero attached hydrogens (tertiary/aromatic N) is 1. The summed E-state index contributed by atoms with van der Waals surface area (Å²) >= 11 is 0. The Bertz CT molecular complexity index is 417. The minimum atomic E-state index is -0.546. The van der Waals surface area contributed by atoms with E-state index in [1.165, 1.54) is 6.42 Å². The number of ether oxygens (including phenoxy) is 1. The SMILES string of the molecule is COC(C(=O)N(CCCO)C1CCC1)c1ccccc1. The normalized spacial score (nSPS) is 16.5. The van der Waals surface area contributed by atoms with E-state index >= 15 is 0 Å². The highest BCUT2D eigenvalue weighted by Gasteiger charge is 2.33. The summed E-state index contributed by atoms with van der Waals surface area (Å²) in [6.07, 6.45) is 3.37. The quantitative estimate of drug-likeness (QED) is 0.830. The van der Waals surface area contributed by atoms with Gasteiger partial charge in [0.1, 0.15) is 0 Å². The number of methoxy groups -OCH3 is 1. The molecule has 0 heterocycles. The Labute approximate surface area is 120 Å². The number of carbonyl (C=O) groups is 1. The topological polar surface area (TPSA) is 49.8 Å². The van der Waals surface area contributed by atoms with Gasteiger partial charge in [-0.2, -0.15) is 0 Å². The number of hydrogen-bond acceptors (Lipinski definition) is 3. The van der Waals surface area contributed by atoms with Crippen LogP contribution in [0.3, 0.4) is 0 Å². The summed E-state index contributed by atoms with van der Waals surface area (Å²) in [5, 5.41) is 9.01. The van der Waals surface area contributed by atoms with Crippen LogP contribution >= 0.6 is 0 Å². The van der Waals surface area contributed by atoms with Crippen LogP contribution in [0.4, 0.5) is 0 Å². The summed E-state index contributed by atoms with van der Waals surface area (Å²) in [4.78, 5) is 14.6. The van der Waals surface area contributed by atoms with E-state index in [4.69, 9.17) is 9.84 Å². The second-order valence-electron chi connectivity index (χ2n) is 5.22. The van der Waals surface area contributed by atoms with Crippen LogP contribution < -0.4 is 0 Å². The van der Waals surface area contributed by atoms with E-state index in [0.717, 1.165) is 18.4 Å². The molecule has 1 aliphatic rings. The van der Waals surface area contributed by atoms with Gasteiger partial charge in [-0.3, -0.25) is 4.79 Å². The van der Waals surface area contributed by atoms with Gasteiger partial charge in [0.2, 0.25) is 0 Å². The fraction of sp³-hybridized carbons (Fsp3) is 0.562. The van der Waals surface area contributed by atoms with Crippen LogP contribution in [0, 0.1) is 0 Å². The van der Waals surface area contributed by atoms with Gasteiger partial charge in [0.25, 0.3) is 5.91 Å². The first-order valence-electron chi connectivity index (χ1n) is 7.27. The number of carbonyl (C=O) groups excluding carboxylic acids is 1. The van der Waals surface area contributed by atoms with Crippen molar-refractivity contribution in [1.29, 1.82) is 0 Å². The van der Waals surface area contributed by atoms with E-state index in [0.29, 0.717) is 19.0 Å². The Morgan fingerprint density at radius 2 is 2.10 bits per heavy atom. The van der Waals surface area contributed by atoms with Crippen LogP contribution in [0.1, 0.15) is 37.4 Å². The number of hydrogen-bond donors (Lipinski definition) is 1. The maximum atomic E-state index is 12.7. The van der Waals surface area contributed by atoms with Crippen molar-refractivity contribution in [2.45, 2.75) is 37.8 Å². The van der Waals surface area contributed by atoms with Crippen LogP contribution in [0.5, 0.6) is 0 Å². The molecule has 1 amide bonds. The molecule has 0 bridgehead atoms. The van der Waals surface area contributed by atoms with E-state index in [1.807, 2.05) is 35.2 Å². The molecular weight excluding hydrogens is 254 g/mol. The maximum absolute atomic E-state index is 12.7. The average molecular weight is 277 g/mol. The van der Waals surface area contributed by atoms with Crippen molar-refractivity contribution in [3.05, 3.63) is 35.9 Å². The largest absolute Gasteiger partial charge is 0.396 e. The molecule has 0 aromatic heterocycles. The van der Waals surface area contributed by atoms with Crippen molar-refractivity contribution in [2.75, 3.05) is 20.3 Å². The molecule has 1 atom stereocenters. The molecule has 1 N–H and O–H groups in total. The van der Waals surface area contributed by atoms with Gasteiger partial charge in [0, 0.05) is 26.3 Å². The number of benzene rings is 1. The summed E-state index contributed by atoms with van der Waals surface area (Å²) in [6.45, 7) is 0.714. The van der Waals surface area contributed by atoms with Crippen molar-refractivity contribution in [1.82, 2.24) is 4.90 Å². The van der Waals surface area contributed by atoms with Crippen LogP contribution in [-0.2, 0) is 9.53 Å². The Morgan fingerprint density at radius 1 is 1.40 bits per heavy atom. The number of aliphatic hydroxyl groups is 1. The first-order valence-corrected chi connectivity index (χ1v) is 7.27. The van der Waals surface area contributed by atoms with Crippen molar-refractivity contribution in [3.63, 3.8) is 0 Å². The van der Waals surface area contributed by atoms with Crippen LogP contribution in [-0.4, -0.2) is 42.2 Å². The first kappa shape index (κ1) is 15.0. The third-order valence-corrected chi connectivity index (χ3v) is 3.92. The highest BCUT2D eigenvalue weighted by atomic mass is 16.5. The average Bonchev–Trinajstić information content (AvgIpc) is 2.43. The molecule has 1 aliphatic carbocycles. The van der Waals surface area contributed by atoms with E-state index in [9.17, 15) is 4.79 Å². The minimum Gasteiger partial charge on any atom is -0.396 e. The summed E-state index contributed by atoms with van der Waals surface area (Å²) in [5.74, 6) is 0.0110. The molecule has 1 saturated carbocycles. The van der Waals surface area contributed by atoms with Crippen LogP contribution in [0.25, 0.3) is 0 Å². The van der Waals surface area contributed by atoms with Gasteiger partial charge >= 0.3 is 0 Å². The molecule has 1 aromatic rings. The summed E-state index contributed by atoms with van der Waals surface area (Å²) in [7, 11) is 1.57. The van der Waals surface area contributed by atoms with Crippen molar-refractivity contribution in [3.8, 4) is 0 Å². The Hall–Kier alpha value is -1.39. The molecule has 1 fully saturated rings. The molecule has 0 spiro atoms. The molecule has 4 nitrogen and oxygen atoms in total. The third-order valence-electron chi connectivity index (χ3n) is 3.92. The van der Waals surface area contributed by atoms with E-state index in [1.54, 1.807) is 7.11 Å². The Morgan fingerprint density at radius 3 is 2.60 bits per heavy atom. The predicted octanol–water partition coefficient (Wildman–Crippen LogP) is 2.14. The summed E-state index contributed by atoms with van der Waals surface area (Å²) < 4.78 is 5.42. The number of aliphatic hydroxyl groups excluding tert-OH is 1. The molecule has 0 saturated heterocycles. The number of amides is 1. The zero-order valence-corrected chi connectivity index (χ0v) is 12.0. The molecule has 4 heteroatoms. The van der Waals surface area contributed by atoms with Gasteiger partial charge in [0.05, 0.1) is 0 Å². The summed E-state index contributed by atoms with van der Waals surface area (Å²) in [6, 6.07) is 9.89. The second-order valence-corrected chi connectivity index (χ2v) is 5.22. The third kappa shape index (κ3) is 3.38. The van der Waals surface area contributed by atoms with Crippen LogP contribution in [0.15, 0.2) is 30.3 Å². The molecule has 1 aromatic carbocycles. The van der Waals surface area contributed by atoms with Crippen molar-refractivity contribution in [2.24, 2.45) is 0 Å². The van der Waals surface area contributed by atoms with E-state index in [2.05, 4.69) is 0 Å². The van der Waals surface area contributed by atoms with Gasteiger partial charge in [-0.05, 0) is 31.2 Å². The second kappa shape index (κ2) is 7.41. The van der Waals surface area contributed by atoms with Gasteiger partial charge in [0.15, 0.2) is 6.10 Å². The van der Waals surface area contributed by atoms with Gasteiger partial charge < -0.3 is 14.7 Å². The van der Waals surface area contributed by atoms with Crippen molar-refractivity contribution >= 4 is 5.91 Å². The number of rotatable bonds is 7. The lowest BCUT2D eigenvalue weighted by Crippen LogP contribution is -2.47. The lowest BCUT2D eigenvalue weighted by Gasteiger charge is -2.39. The highest BCUT2D eigenvalue weighted by Crippen LogP contribution is 2.29. The lowest BCUT2D eigenvalue weighted by molar-refractivity contribution is -0.146. The Kier molecular flexibility index (Phi) is 5.56. The summed E-state index contributed by atoms with van der Waals surface area (Å²) in [5.41, 5.74) is 0.883. The highest BCUT2D eigenvalue weighted by molar-refractivity contribution is 5.82.